The monoisotopic (exact) mass is 411 g/mol. The molecule has 0 aromatic heterocycles. The third-order valence-electron chi connectivity index (χ3n) is 5.90. The van der Waals surface area contributed by atoms with Crippen LogP contribution in [0.3, 0.4) is 0 Å². The first-order valence-corrected chi connectivity index (χ1v) is 10.2. The van der Waals surface area contributed by atoms with E-state index >= 15 is 0 Å². The van der Waals surface area contributed by atoms with Crippen molar-refractivity contribution in [2.24, 2.45) is 0 Å². The Morgan fingerprint density at radius 2 is 1.93 bits per heavy atom. The largest absolute Gasteiger partial charge is 0.484 e. The van der Waals surface area contributed by atoms with Crippen molar-refractivity contribution in [1.82, 2.24) is 9.80 Å². The van der Waals surface area contributed by atoms with Crippen LogP contribution < -0.4 is 10.1 Å². The van der Waals surface area contributed by atoms with Gasteiger partial charge in [0, 0.05) is 31.6 Å². The molecule has 2 aliphatic heterocycles. The number of ether oxygens (including phenoxy) is 1. The number of nitrogens with zero attached hydrogens (tertiary/aromatic N) is 2. The molecule has 30 heavy (non-hydrogen) atoms. The van der Waals surface area contributed by atoms with Crippen molar-refractivity contribution in [2.75, 3.05) is 38.5 Å². The number of hydrogen-bond donors (Lipinski definition) is 1. The Labute approximate surface area is 175 Å². The second-order valence-corrected chi connectivity index (χ2v) is 8.26. The number of amides is 2. The molecule has 0 atom stereocenters. The number of carbonyl (C=O) groups is 2. The SMILES string of the molecule is Cc1ccc(NC(=O)CN2CC3(CCN(C)CC3)Oc3ccccc3C2=O)cc1F. The molecular weight excluding hydrogens is 385 g/mol. The first-order chi connectivity index (χ1) is 14.3. The molecule has 158 valence electrons. The van der Waals surface area contributed by atoms with Gasteiger partial charge in [0.25, 0.3) is 5.91 Å². The first kappa shape index (κ1) is 20.3. The normalized spacial score (nSPS) is 18.5. The van der Waals surface area contributed by atoms with E-state index in [9.17, 15) is 14.0 Å². The highest BCUT2D eigenvalue weighted by atomic mass is 19.1. The molecule has 2 aliphatic rings. The summed E-state index contributed by atoms with van der Waals surface area (Å²) in [6.07, 6.45) is 1.54. The smallest absolute Gasteiger partial charge is 0.258 e. The lowest BCUT2D eigenvalue weighted by Crippen LogP contribution is -2.54. The van der Waals surface area contributed by atoms with Gasteiger partial charge in [-0.25, -0.2) is 4.39 Å². The molecule has 2 aromatic rings. The lowest BCUT2D eigenvalue weighted by atomic mass is 9.90. The van der Waals surface area contributed by atoms with Crippen molar-refractivity contribution in [3.8, 4) is 5.75 Å². The molecule has 0 saturated carbocycles. The Balaban J connectivity index is 1.56. The highest BCUT2D eigenvalue weighted by Crippen LogP contribution is 2.35. The second kappa shape index (κ2) is 8.07. The van der Waals surface area contributed by atoms with E-state index in [1.807, 2.05) is 12.1 Å². The number of rotatable bonds is 3. The van der Waals surface area contributed by atoms with E-state index < -0.39 is 5.60 Å². The van der Waals surface area contributed by atoms with E-state index in [1.165, 1.54) is 6.07 Å². The highest BCUT2D eigenvalue weighted by molar-refractivity contribution is 6.01. The summed E-state index contributed by atoms with van der Waals surface area (Å²) in [5.74, 6) is -0.414. The van der Waals surface area contributed by atoms with Gasteiger partial charge < -0.3 is 19.9 Å². The van der Waals surface area contributed by atoms with Crippen LogP contribution in [0.15, 0.2) is 42.5 Å². The summed E-state index contributed by atoms with van der Waals surface area (Å²) in [6.45, 7) is 3.60. The minimum atomic E-state index is -0.523. The van der Waals surface area contributed by atoms with Gasteiger partial charge in [-0.2, -0.15) is 0 Å². The predicted molar refractivity (Wildman–Crippen MR) is 112 cm³/mol. The van der Waals surface area contributed by atoms with Crippen LogP contribution in [0.25, 0.3) is 0 Å². The van der Waals surface area contributed by atoms with E-state index in [-0.39, 0.29) is 24.2 Å². The number of benzene rings is 2. The maximum Gasteiger partial charge on any atom is 0.258 e. The molecule has 2 aromatic carbocycles. The van der Waals surface area contributed by atoms with Crippen molar-refractivity contribution >= 4 is 17.5 Å². The van der Waals surface area contributed by atoms with Gasteiger partial charge in [-0.1, -0.05) is 18.2 Å². The number of piperidine rings is 1. The highest BCUT2D eigenvalue weighted by Gasteiger charge is 2.42. The quantitative estimate of drug-likeness (QED) is 0.843. The van der Waals surface area contributed by atoms with Crippen molar-refractivity contribution in [3.63, 3.8) is 0 Å². The molecule has 0 bridgehead atoms. The van der Waals surface area contributed by atoms with Gasteiger partial charge in [-0.15, -0.1) is 0 Å². The van der Waals surface area contributed by atoms with Crippen LogP contribution in [0.4, 0.5) is 10.1 Å². The van der Waals surface area contributed by atoms with Gasteiger partial charge in [-0.05, 0) is 43.8 Å². The zero-order valence-electron chi connectivity index (χ0n) is 17.3. The number of anilines is 1. The fourth-order valence-electron chi connectivity index (χ4n) is 4.05. The molecule has 4 rings (SSSR count). The number of aryl methyl sites for hydroxylation is 1. The average molecular weight is 411 g/mol. The fraction of sp³-hybridized carbons (Fsp3) is 0.391. The van der Waals surface area contributed by atoms with Crippen LogP contribution in [0.1, 0.15) is 28.8 Å². The number of likely N-dealkylation sites (tertiary alicyclic amines) is 1. The maximum atomic E-state index is 13.8. The van der Waals surface area contributed by atoms with Crippen LogP contribution in [-0.4, -0.2) is 60.4 Å². The van der Waals surface area contributed by atoms with Crippen LogP contribution in [0, 0.1) is 12.7 Å². The Kier molecular flexibility index (Phi) is 5.47. The molecule has 1 fully saturated rings. The topological polar surface area (TPSA) is 61.9 Å². The molecule has 7 heteroatoms. The zero-order valence-corrected chi connectivity index (χ0v) is 17.3. The van der Waals surface area contributed by atoms with E-state index in [4.69, 9.17) is 4.74 Å². The van der Waals surface area contributed by atoms with Crippen molar-refractivity contribution in [3.05, 3.63) is 59.4 Å². The van der Waals surface area contributed by atoms with Crippen LogP contribution >= 0.6 is 0 Å². The fourth-order valence-corrected chi connectivity index (χ4v) is 4.05. The third-order valence-corrected chi connectivity index (χ3v) is 5.90. The lowest BCUT2D eigenvalue weighted by Gasteiger charge is -2.41. The van der Waals surface area contributed by atoms with Gasteiger partial charge in [-0.3, -0.25) is 9.59 Å². The van der Waals surface area contributed by atoms with Gasteiger partial charge >= 0.3 is 0 Å². The molecular formula is C23H26FN3O3. The Morgan fingerprint density at radius 3 is 2.67 bits per heavy atom. The number of halogens is 1. The molecule has 2 heterocycles. The summed E-state index contributed by atoms with van der Waals surface area (Å²) in [7, 11) is 2.06. The second-order valence-electron chi connectivity index (χ2n) is 8.26. The number of carbonyl (C=O) groups excluding carboxylic acids is 2. The zero-order chi connectivity index (χ0) is 21.3. The standard InChI is InChI=1S/C23H26FN3O3/c1-16-7-8-17(13-19(16)24)25-21(28)14-27-15-23(9-11-26(2)12-10-23)30-20-6-4-3-5-18(20)22(27)29/h3-8,13H,9-12,14-15H2,1-2H3,(H,25,28). The van der Waals surface area contributed by atoms with E-state index in [0.717, 1.165) is 25.9 Å². The molecule has 0 radical (unpaired) electrons. The van der Waals surface area contributed by atoms with Crippen LogP contribution in [0.2, 0.25) is 0 Å². The summed E-state index contributed by atoms with van der Waals surface area (Å²) in [5, 5.41) is 2.70. The molecule has 2 amide bonds. The molecule has 1 N–H and O–H groups in total. The lowest BCUT2D eigenvalue weighted by molar-refractivity contribution is -0.117. The van der Waals surface area contributed by atoms with Crippen LogP contribution in [-0.2, 0) is 4.79 Å². The molecule has 6 nitrogen and oxygen atoms in total. The summed E-state index contributed by atoms with van der Waals surface area (Å²) in [6, 6.07) is 11.7. The first-order valence-electron chi connectivity index (χ1n) is 10.2. The molecule has 0 unspecified atom stereocenters. The maximum absolute atomic E-state index is 13.8. The van der Waals surface area contributed by atoms with Crippen LogP contribution in [0.5, 0.6) is 5.75 Å². The van der Waals surface area contributed by atoms with E-state index in [0.29, 0.717) is 29.1 Å². The number of fused-ring (bicyclic) bond motifs is 1. The summed E-state index contributed by atoms with van der Waals surface area (Å²) in [5.41, 5.74) is 0.817. The van der Waals surface area contributed by atoms with Gasteiger partial charge in [0.15, 0.2) is 0 Å². The minimum absolute atomic E-state index is 0.121. The molecule has 1 spiro atoms. The Hall–Kier alpha value is -2.93. The average Bonchev–Trinajstić information content (AvgIpc) is 2.83. The van der Waals surface area contributed by atoms with Gasteiger partial charge in [0.05, 0.1) is 12.1 Å². The predicted octanol–water partition coefficient (Wildman–Crippen LogP) is 3.07. The summed E-state index contributed by atoms with van der Waals surface area (Å²) >= 11 is 0. The minimum Gasteiger partial charge on any atom is -0.484 e. The van der Waals surface area contributed by atoms with Gasteiger partial charge in [0.1, 0.15) is 23.7 Å². The third kappa shape index (κ3) is 4.16. The number of nitrogens with one attached hydrogen (secondary N) is 1. The summed E-state index contributed by atoms with van der Waals surface area (Å²) < 4.78 is 20.2. The summed E-state index contributed by atoms with van der Waals surface area (Å²) in [4.78, 5) is 29.7. The Morgan fingerprint density at radius 1 is 1.20 bits per heavy atom. The molecule has 0 aliphatic carbocycles. The van der Waals surface area contributed by atoms with Crippen molar-refractivity contribution in [1.29, 1.82) is 0 Å². The molecule has 1 saturated heterocycles. The van der Waals surface area contributed by atoms with E-state index in [2.05, 4.69) is 17.3 Å². The van der Waals surface area contributed by atoms with Crippen molar-refractivity contribution < 1.29 is 18.7 Å². The van der Waals surface area contributed by atoms with Gasteiger partial charge in [0.2, 0.25) is 5.91 Å². The van der Waals surface area contributed by atoms with Crippen molar-refractivity contribution in [2.45, 2.75) is 25.4 Å². The Bertz CT molecular complexity index is 970. The van der Waals surface area contributed by atoms with E-state index in [1.54, 1.807) is 36.1 Å². The number of hydrogen-bond acceptors (Lipinski definition) is 4. The number of para-hydroxylation sites is 1.